The van der Waals surface area contributed by atoms with Gasteiger partial charge in [-0.2, -0.15) is 0 Å². The molecule has 0 saturated carbocycles. The van der Waals surface area contributed by atoms with Gasteiger partial charge in [0.05, 0.1) is 19.8 Å². The summed E-state index contributed by atoms with van der Waals surface area (Å²) in [6.45, 7) is 0.716. The predicted molar refractivity (Wildman–Crippen MR) is 75.6 cm³/mol. The van der Waals surface area contributed by atoms with E-state index < -0.39 is 0 Å². The van der Waals surface area contributed by atoms with Crippen LogP contribution < -0.4 is 20.7 Å². The van der Waals surface area contributed by atoms with Crippen molar-refractivity contribution in [3.63, 3.8) is 0 Å². The van der Waals surface area contributed by atoms with E-state index in [1.165, 1.54) is 5.56 Å². The maximum absolute atomic E-state index is 5.77. The molecular weight excluding hydrogens is 254 g/mol. The molecule has 104 valence electrons. The number of nitrogens with one attached hydrogen (secondary N) is 1. The normalized spacial score (nSPS) is 14.5. The van der Waals surface area contributed by atoms with Crippen LogP contribution in [0.5, 0.6) is 11.6 Å². The van der Waals surface area contributed by atoms with E-state index >= 15 is 0 Å². The Morgan fingerprint density at radius 2 is 2.15 bits per heavy atom. The van der Waals surface area contributed by atoms with Gasteiger partial charge in [-0.1, -0.05) is 24.3 Å². The first-order chi connectivity index (χ1) is 9.85. The van der Waals surface area contributed by atoms with Crippen molar-refractivity contribution >= 4 is 0 Å². The molecule has 1 unspecified atom stereocenters. The molecule has 0 spiro atoms. The molecule has 1 aliphatic rings. The highest BCUT2D eigenvalue weighted by Crippen LogP contribution is 2.37. The summed E-state index contributed by atoms with van der Waals surface area (Å²) in [5, 5.41) is 0. The molecule has 0 radical (unpaired) electrons. The molecule has 1 aromatic heterocycles. The smallest absolute Gasteiger partial charge is 0.218 e. The summed E-state index contributed by atoms with van der Waals surface area (Å²) in [7, 11) is 1.60. The molecule has 0 aliphatic carbocycles. The predicted octanol–water partition coefficient (Wildman–Crippen LogP) is 1.58. The lowest BCUT2D eigenvalue weighted by Gasteiger charge is -2.20. The standard InChI is InChI=1S/C15H17N3O2/c1-19-15-12(6-3-8-17-15)13(18-16)11-5-2-4-10-7-9-20-14(10)11/h2-6,8,13,18H,7,9,16H2,1H3. The average Bonchev–Trinajstić information content (AvgIpc) is 2.98. The largest absolute Gasteiger partial charge is 0.493 e. The molecule has 5 nitrogen and oxygen atoms in total. The molecule has 5 heteroatoms. The molecule has 2 heterocycles. The third kappa shape index (κ3) is 2.11. The summed E-state index contributed by atoms with van der Waals surface area (Å²) >= 11 is 0. The van der Waals surface area contributed by atoms with Gasteiger partial charge in [0.1, 0.15) is 5.75 Å². The molecule has 0 bridgehead atoms. The Balaban J connectivity index is 2.09. The van der Waals surface area contributed by atoms with Gasteiger partial charge in [0.15, 0.2) is 0 Å². The van der Waals surface area contributed by atoms with Gasteiger partial charge in [-0.3, -0.25) is 5.84 Å². The third-order valence-electron chi connectivity index (χ3n) is 3.53. The summed E-state index contributed by atoms with van der Waals surface area (Å²) in [4.78, 5) is 4.23. The molecule has 0 amide bonds. The van der Waals surface area contributed by atoms with Gasteiger partial charge in [-0.25, -0.2) is 10.4 Å². The summed E-state index contributed by atoms with van der Waals surface area (Å²) in [5.41, 5.74) is 5.95. The van der Waals surface area contributed by atoms with E-state index in [1.54, 1.807) is 13.3 Å². The number of fused-ring (bicyclic) bond motifs is 1. The minimum Gasteiger partial charge on any atom is -0.493 e. The van der Waals surface area contributed by atoms with Gasteiger partial charge in [0.25, 0.3) is 0 Å². The minimum absolute atomic E-state index is 0.216. The van der Waals surface area contributed by atoms with Crippen LogP contribution in [0.15, 0.2) is 36.5 Å². The number of rotatable bonds is 4. The first-order valence-corrected chi connectivity index (χ1v) is 6.54. The van der Waals surface area contributed by atoms with Crippen LogP contribution in [0.25, 0.3) is 0 Å². The summed E-state index contributed by atoms with van der Waals surface area (Å²) < 4.78 is 11.1. The number of ether oxygens (including phenoxy) is 2. The molecule has 20 heavy (non-hydrogen) atoms. The zero-order chi connectivity index (χ0) is 13.9. The van der Waals surface area contributed by atoms with Crippen LogP contribution >= 0.6 is 0 Å². The second-order valence-electron chi connectivity index (χ2n) is 4.64. The van der Waals surface area contributed by atoms with Crippen molar-refractivity contribution in [3.05, 3.63) is 53.2 Å². The van der Waals surface area contributed by atoms with Gasteiger partial charge in [-0.05, 0) is 11.6 Å². The number of hydrogen-bond donors (Lipinski definition) is 2. The van der Waals surface area contributed by atoms with E-state index in [0.717, 1.165) is 23.3 Å². The lowest BCUT2D eigenvalue weighted by Crippen LogP contribution is -2.29. The van der Waals surface area contributed by atoms with Crippen molar-refractivity contribution in [2.45, 2.75) is 12.5 Å². The Morgan fingerprint density at radius 3 is 2.95 bits per heavy atom. The number of hydrazine groups is 1. The maximum atomic E-state index is 5.77. The molecule has 2 aromatic rings. The van der Waals surface area contributed by atoms with Crippen molar-refractivity contribution < 1.29 is 9.47 Å². The number of para-hydroxylation sites is 1. The molecule has 3 rings (SSSR count). The molecule has 0 saturated heterocycles. The number of aromatic nitrogens is 1. The topological polar surface area (TPSA) is 69.4 Å². The first kappa shape index (κ1) is 12.9. The van der Waals surface area contributed by atoms with Crippen LogP contribution in [0.2, 0.25) is 0 Å². The monoisotopic (exact) mass is 271 g/mol. The Hall–Kier alpha value is -2.11. The van der Waals surface area contributed by atoms with Crippen LogP contribution in [-0.4, -0.2) is 18.7 Å². The SMILES string of the molecule is COc1ncccc1C(NN)c1cccc2c1OCC2. The zero-order valence-corrected chi connectivity index (χ0v) is 11.3. The highest BCUT2D eigenvalue weighted by molar-refractivity contribution is 5.50. The number of nitrogens with two attached hydrogens (primary N) is 1. The Bertz CT molecular complexity index is 616. The van der Waals surface area contributed by atoms with Crippen molar-refractivity contribution in [1.82, 2.24) is 10.4 Å². The van der Waals surface area contributed by atoms with E-state index in [4.69, 9.17) is 15.3 Å². The van der Waals surface area contributed by atoms with Crippen LogP contribution in [0.4, 0.5) is 0 Å². The van der Waals surface area contributed by atoms with E-state index in [0.29, 0.717) is 12.5 Å². The molecule has 1 aromatic carbocycles. The fourth-order valence-corrected chi connectivity index (χ4v) is 2.61. The molecular formula is C15H17N3O2. The summed E-state index contributed by atoms with van der Waals surface area (Å²) in [6.07, 6.45) is 2.63. The van der Waals surface area contributed by atoms with Crippen molar-refractivity contribution in [3.8, 4) is 11.6 Å². The average molecular weight is 271 g/mol. The van der Waals surface area contributed by atoms with Crippen LogP contribution in [0.3, 0.4) is 0 Å². The number of hydrogen-bond acceptors (Lipinski definition) is 5. The van der Waals surface area contributed by atoms with Crippen molar-refractivity contribution in [2.75, 3.05) is 13.7 Å². The van der Waals surface area contributed by atoms with Gasteiger partial charge in [-0.15, -0.1) is 0 Å². The number of methoxy groups -OCH3 is 1. The van der Waals surface area contributed by atoms with Crippen LogP contribution in [0.1, 0.15) is 22.7 Å². The highest BCUT2D eigenvalue weighted by Gasteiger charge is 2.25. The van der Waals surface area contributed by atoms with E-state index in [1.807, 2.05) is 24.3 Å². The second-order valence-corrected chi connectivity index (χ2v) is 4.64. The first-order valence-electron chi connectivity index (χ1n) is 6.54. The zero-order valence-electron chi connectivity index (χ0n) is 11.3. The molecule has 0 fully saturated rings. The maximum Gasteiger partial charge on any atom is 0.218 e. The van der Waals surface area contributed by atoms with Crippen molar-refractivity contribution in [2.24, 2.45) is 5.84 Å². The minimum atomic E-state index is -0.216. The van der Waals surface area contributed by atoms with Crippen LogP contribution in [0, 0.1) is 0 Å². The quantitative estimate of drug-likeness (QED) is 0.652. The van der Waals surface area contributed by atoms with E-state index in [9.17, 15) is 0 Å². The number of pyridine rings is 1. The van der Waals surface area contributed by atoms with E-state index in [2.05, 4.69) is 16.5 Å². The summed E-state index contributed by atoms with van der Waals surface area (Å²) in [5.74, 6) is 7.24. The fourth-order valence-electron chi connectivity index (χ4n) is 2.61. The van der Waals surface area contributed by atoms with Crippen molar-refractivity contribution in [1.29, 1.82) is 0 Å². The Morgan fingerprint density at radius 1 is 1.30 bits per heavy atom. The number of benzene rings is 1. The second kappa shape index (κ2) is 5.48. The molecule has 3 N–H and O–H groups in total. The number of nitrogens with zero attached hydrogens (tertiary/aromatic N) is 1. The Labute approximate surface area is 117 Å². The van der Waals surface area contributed by atoms with Gasteiger partial charge < -0.3 is 9.47 Å². The fraction of sp³-hybridized carbons (Fsp3) is 0.267. The third-order valence-corrected chi connectivity index (χ3v) is 3.53. The van der Waals surface area contributed by atoms with Gasteiger partial charge in [0.2, 0.25) is 5.88 Å². The summed E-state index contributed by atoms with van der Waals surface area (Å²) in [6, 6.07) is 9.72. The molecule has 1 aliphatic heterocycles. The Kier molecular flexibility index (Phi) is 3.54. The van der Waals surface area contributed by atoms with Gasteiger partial charge in [0, 0.05) is 23.7 Å². The lowest BCUT2D eigenvalue weighted by atomic mass is 9.97. The van der Waals surface area contributed by atoms with Gasteiger partial charge >= 0.3 is 0 Å². The van der Waals surface area contributed by atoms with E-state index in [-0.39, 0.29) is 6.04 Å². The lowest BCUT2D eigenvalue weighted by molar-refractivity contribution is 0.349. The highest BCUT2D eigenvalue weighted by atomic mass is 16.5. The molecule has 1 atom stereocenters. The van der Waals surface area contributed by atoms with Crippen LogP contribution in [-0.2, 0) is 6.42 Å².